The number of rotatable bonds is 6. The fourth-order valence-electron chi connectivity index (χ4n) is 1.00. The van der Waals surface area contributed by atoms with Crippen molar-refractivity contribution >= 4 is 0 Å². The zero-order chi connectivity index (χ0) is 10.5. The van der Waals surface area contributed by atoms with Crippen LogP contribution >= 0.6 is 0 Å². The van der Waals surface area contributed by atoms with Crippen LogP contribution in [0.5, 0.6) is 0 Å². The second-order valence-corrected chi connectivity index (χ2v) is 3.63. The molecular formula is C11H28N2. The van der Waals surface area contributed by atoms with Gasteiger partial charge in [0.2, 0.25) is 0 Å². The van der Waals surface area contributed by atoms with E-state index in [1.165, 1.54) is 32.1 Å². The number of unbranched alkanes of at least 4 members (excludes halogenated alkanes) is 2. The second kappa shape index (κ2) is 14.4. The Morgan fingerprint density at radius 1 is 1.00 bits per heavy atom. The van der Waals surface area contributed by atoms with E-state index in [-0.39, 0.29) is 0 Å². The third kappa shape index (κ3) is 18.7. The Labute approximate surface area is 84.1 Å². The maximum atomic E-state index is 5.36. The zero-order valence-electron chi connectivity index (χ0n) is 9.68. The lowest BCUT2D eigenvalue weighted by Gasteiger charge is -2.02. The highest BCUT2D eigenvalue weighted by molar-refractivity contribution is 4.49. The topological polar surface area (TPSA) is 52.0 Å². The molecule has 0 aromatic carbocycles. The summed E-state index contributed by atoms with van der Waals surface area (Å²) in [5, 5.41) is 0. The van der Waals surface area contributed by atoms with Crippen LogP contribution in [-0.2, 0) is 0 Å². The van der Waals surface area contributed by atoms with Crippen LogP contribution in [0.1, 0.15) is 52.9 Å². The van der Waals surface area contributed by atoms with Crippen LogP contribution in [0.2, 0.25) is 0 Å². The SMILES string of the molecule is CCCC(C)CN.CCCCCN. The zero-order valence-corrected chi connectivity index (χ0v) is 9.68. The van der Waals surface area contributed by atoms with E-state index in [1.54, 1.807) is 0 Å². The summed E-state index contributed by atoms with van der Waals surface area (Å²) in [5.74, 6) is 0.727. The van der Waals surface area contributed by atoms with Crippen molar-refractivity contribution in [1.29, 1.82) is 0 Å². The number of nitrogens with two attached hydrogens (primary N) is 2. The first-order valence-corrected chi connectivity index (χ1v) is 5.62. The van der Waals surface area contributed by atoms with Crippen LogP contribution in [-0.4, -0.2) is 13.1 Å². The molecule has 0 aromatic rings. The smallest absolute Gasteiger partial charge is 0.00515 e. The van der Waals surface area contributed by atoms with Crippen LogP contribution in [0, 0.1) is 5.92 Å². The third-order valence-corrected chi connectivity index (χ3v) is 1.99. The standard InChI is InChI=1S/C6H15N.C5H13N/c1-3-4-6(2)5-7;1-2-3-4-5-6/h6H,3-5,7H2,1-2H3;2-6H2,1H3. The average molecular weight is 188 g/mol. The third-order valence-electron chi connectivity index (χ3n) is 1.99. The van der Waals surface area contributed by atoms with Crippen molar-refractivity contribution < 1.29 is 0 Å². The van der Waals surface area contributed by atoms with Gasteiger partial charge in [0.15, 0.2) is 0 Å². The largest absolute Gasteiger partial charge is 0.330 e. The second-order valence-electron chi connectivity index (χ2n) is 3.63. The molecule has 0 aliphatic carbocycles. The molecule has 0 saturated carbocycles. The molecule has 0 amide bonds. The van der Waals surface area contributed by atoms with Crippen LogP contribution < -0.4 is 11.5 Å². The molecule has 2 nitrogen and oxygen atoms in total. The minimum atomic E-state index is 0.727. The molecule has 0 radical (unpaired) electrons. The molecule has 0 aliphatic rings. The normalized spacial score (nSPS) is 11.8. The van der Waals surface area contributed by atoms with Gasteiger partial charge >= 0.3 is 0 Å². The lowest BCUT2D eigenvalue weighted by molar-refractivity contribution is 0.536. The average Bonchev–Trinajstić information content (AvgIpc) is 2.16. The molecule has 2 heteroatoms. The Morgan fingerprint density at radius 3 is 1.77 bits per heavy atom. The Morgan fingerprint density at radius 2 is 1.62 bits per heavy atom. The molecular weight excluding hydrogens is 160 g/mol. The summed E-state index contributed by atoms with van der Waals surface area (Å²) in [6.07, 6.45) is 6.29. The summed E-state index contributed by atoms with van der Waals surface area (Å²) in [6, 6.07) is 0. The van der Waals surface area contributed by atoms with Crippen LogP contribution in [0.3, 0.4) is 0 Å². The first-order valence-electron chi connectivity index (χ1n) is 5.62. The molecule has 1 atom stereocenters. The molecule has 82 valence electrons. The van der Waals surface area contributed by atoms with Crippen LogP contribution in [0.15, 0.2) is 0 Å². The fraction of sp³-hybridized carbons (Fsp3) is 1.00. The molecule has 0 spiro atoms. The predicted molar refractivity (Wildman–Crippen MR) is 61.7 cm³/mol. The number of hydrogen-bond donors (Lipinski definition) is 2. The van der Waals surface area contributed by atoms with E-state index in [9.17, 15) is 0 Å². The van der Waals surface area contributed by atoms with Crippen molar-refractivity contribution in [3.05, 3.63) is 0 Å². The Kier molecular flexibility index (Phi) is 17.1. The molecule has 0 aliphatic heterocycles. The van der Waals surface area contributed by atoms with Gasteiger partial charge in [-0.2, -0.15) is 0 Å². The molecule has 0 aromatic heterocycles. The van der Waals surface area contributed by atoms with E-state index in [2.05, 4.69) is 20.8 Å². The van der Waals surface area contributed by atoms with Gasteiger partial charge in [0, 0.05) is 0 Å². The van der Waals surface area contributed by atoms with Gasteiger partial charge in [0.1, 0.15) is 0 Å². The molecule has 1 unspecified atom stereocenters. The van der Waals surface area contributed by atoms with Crippen molar-refractivity contribution in [3.63, 3.8) is 0 Å². The van der Waals surface area contributed by atoms with E-state index in [1.807, 2.05) is 0 Å². The molecule has 4 N–H and O–H groups in total. The van der Waals surface area contributed by atoms with E-state index >= 15 is 0 Å². The fourth-order valence-corrected chi connectivity index (χ4v) is 1.00. The predicted octanol–water partition coefficient (Wildman–Crippen LogP) is 2.52. The molecule has 0 saturated heterocycles. The summed E-state index contributed by atoms with van der Waals surface area (Å²) >= 11 is 0. The summed E-state index contributed by atoms with van der Waals surface area (Å²) in [5.41, 5.74) is 10.6. The summed E-state index contributed by atoms with van der Waals surface area (Å²) in [6.45, 7) is 8.24. The van der Waals surface area contributed by atoms with Gasteiger partial charge in [-0.05, 0) is 31.8 Å². The lowest BCUT2D eigenvalue weighted by Crippen LogP contribution is -2.09. The van der Waals surface area contributed by atoms with Gasteiger partial charge in [-0.3, -0.25) is 0 Å². The Bertz CT molecular complexity index is 70.5. The number of hydrogen-bond acceptors (Lipinski definition) is 2. The summed E-state index contributed by atoms with van der Waals surface area (Å²) in [4.78, 5) is 0. The van der Waals surface area contributed by atoms with Crippen LogP contribution in [0.25, 0.3) is 0 Å². The van der Waals surface area contributed by atoms with Gasteiger partial charge in [-0.15, -0.1) is 0 Å². The van der Waals surface area contributed by atoms with Gasteiger partial charge in [0.05, 0.1) is 0 Å². The highest BCUT2D eigenvalue weighted by atomic mass is 14.5. The molecule has 0 heterocycles. The van der Waals surface area contributed by atoms with Gasteiger partial charge in [0.25, 0.3) is 0 Å². The molecule has 0 rings (SSSR count). The molecule has 0 bridgehead atoms. The maximum Gasteiger partial charge on any atom is -0.00515 e. The van der Waals surface area contributed by atoms with Crippen molar-refractivity contribution in [2.75, 3.05) is 13.1 Å². The Hall–Kier alpha value is -0.0800. The first kappa shape index (κ1) is 15.4. The van der Waals surface area contributed by atoms with Gasteiger partial charge in [-0.25, -0.2) is 0 Å². The highest BCUT2D eigenvalue weighted by Gasteiger charge is 1.92. The quantitative estimate of drug-likeness (QED) is 0.629. The minimum Gasteiger partial charge on any atom is -0.330 e. The summed E-state index contributed by atoms with van der Waals surface area (Å²) < 4.78 is 0. The van der Waals surface area contributed by atoms with E-state index < -0.39 is 0 Å². The van der Waals surface area contributed by atoms with E-state index in [4.69, 9.17) is 11.5 Å². The molecule has 13 heavy (non-hydrogen) atoms. The van der Waals surface area contributed by atoms with E-state index in [0.717, 1.165) is 19.0 Å². The van der Waals surface area contributed by atoms with Crippen molar-refractivity contribution in [2.24, 2.45) is 17.4 Å². The monoisotopic (exact) mass is 188 g/mol. The Balaban J connectivity index is 0. The lowest BCUT2D eigenvalue weighted by atomic mass is 10.1. The summed E-state index contributed by atoms with van der Waals surface area (Å²) in [7, 11) is 0. The highest BCUT2D eigenvalue weighted by Crippen LogP contribution is 2.00. The molecule has 0 fully saturated rings. The minimum absolute atomic E-state index is 0.727. The first-order chi connectivity index (χ1) is 6.22. The van der Waals surface area contributed by atoms with Gasteiger partial charge in [-0.1, -0.05) is 40.0 Å². The van der Waals surface area contributed by atoms with Crippen molar-refractivity contribution in [1.82, 2.24) is 0 Å². The maximum absolute atomic E-state index is 5.36. The van der Waals surface area contributed by atoms with E-state index in [0.29, 0.717) is 0 Å². The van der Waals surface area contributed by atoms with Gasteiger partial charge < -0.3 is 11.5 Å². The van der Waals surface area contributed by atoms with Crippen molar-refractivity contribution in [2.45, 2.75) is 52.9 Å². The van der Waals surface area contributed by atoms with Crippen molar-refractivity contribution in [3.8, 4) is 0 Å². The van der Waals surface area contributed by atoms with Crippen LogP contribution in [0.4, 0.5) is 0 Å².